The molecule has 2 heterocycles. The van der Waals surface area contributed by atoms with Crippen LogP contribution in [0, 0.1) is 11.8 Å². The minimum atomic E-state index is -0.0757. The monoisotopic (exact) mass is 310 g/mol. The summed E-state index contributed by atoms with van der Waals surface area (Å²) in [7, 11) is 3.30. The van der Waals surface area contributed by atoms with Gasteiger partial charge in [-0.1, -0.05) is 6.92 Å². The Balaban J connectivity index is 1.75. The number of rotatable bonds is 4. The number of hydrogen-bond donors (Lipinski definition) is 1. The summed E-state index contributed by atoms with van der Waals surface area (Å²) in [5.74, 6) is 1.66. The topological polar surface area (TPSA) is 57.2 Å². The number of hydrogen-bond acceptors (Lipinski definition) is 4. The van der Waals surface area contributed by atoms with Crippen LogP contribution in [0.4, 0.5) is 0 Å². The molecule has 2 aliphatic rings. The van der Waals surface area contributed by atoms with E-state index < -0.39 is 0 Å². The van der Waals surface area contributed by atoms with Gasteiger partial charge in [0.05, 0.1) is 13.0 Å². The Morgan fingerprint density at radius 2 is 2.00 bits per heavy atom. The molecular weight excluding hydrogens is 280 g/mol. The quantitative estimate of drug-likeness (QED) is 0.473. The molecule has 2 aliphatic heterocycles. The number of likely N-dealkylation sites (tertiary alicyclic amines) is 2. The fraction of sp³-hybridized carbons (Fsp3) is 0.875. The lowest BCUT2D eigenvalue weighted by molar-refractivity contribution is -0.146. The minimum absolute atomic E-state index is 0.0484. The number of nitrogens with zero attached hydrogens (tertiary/aromatic N) is 3. The first-order chi connectivity index (χ1) is 10.7. The number of methoxy groups -OCH3 is 1. The van der Waals surface area contributed by atoms with E-state index in [-0.39, 0.29) is 11.9 Å². The van der Waals surface area contributed by atoms with Gasteiger partial charge in [-0.3, -0.25) is 9.79 Å². The van der Waals surface area contributed by atoms with Crippen LogP contribution >= 0.6 is 0 Å². The molecule has 0 radical (unpaired) electrons. The van der Waals surface area contributed by atoms with E-state index in [1.807, 2.05) is 7.05 Å². The molecule has 0 aliphatic carbocycles. The largest absolute Gasteiger partial charge is 0.469 e. The van der Waals surface area contributed by atoms with E-state index >= 15 is 0 Å². The summed E-state index contributed by atoms with van der Waals surface area (Å²) < 4.78 is 4.84. The average Bonchev–Trinajstić information content (AvgIpc) is 3.03. The van der Waals surface area contributed by atoms with Gasteiger partial charge in [-0.2, -0.15) is 0 Å². The van der Waals surface area contributed by atoms with Gasteiger partial charge in [-0.25, -0.2) is 0 Å². The van der Waals surface area contributed by atoms with Crippen LogP contribution in [0.5, 0.6) is 0 Å². The first-order valence-corrected chi connectivity index (χ1v) is 8.43. The second-order valence-electron chi connectivity index (χ2n) is 6.26. The molecule has 22 heavy (non-hydrogen) atoms. The number of piperidine rings is 1. The second kappa shape index (κ2) is 8.36. The van der Waals surface area contributed by atoms with Crippen LogP contribution in [0.1, 0.15) is 26.2 Å². The van der Waals surface area contributed by atoms with Crippen molar-refractivity contribution in [2.24, 2.45) is 16.8 Å². The maximum absolute atomic E-state index is 11.6. The van der Waals surface area contributed by atoms with Crippen LogP contribution in [0.25, 0.3) is 0 Å². The third-order valence-corrected chi connectivity index (χ3v) is 4.91. The van der Waals surface area contributed by atoms with E-state index in [4.69, 9.17) is 4.74 Å². The summed E-state index contributed by atoms with van der Waals surface area (Å²) in [6, 6.07) is 0. The highest BCUT2D eigenvalue weighted by Gasteiger charge is 2.27. The van der Waals surface area contributed by atoms with Crippen LogP contribution in [-0.2, 0) is 9.53 Å². The van der Waals surface area contributed by atoms with Crippen LogP contribution < -0.4 is 5.32 Å². The number of nitrogens with one attached hydrogen (secondary N) is 1. The van der Waals surface area contributed by atoms with Gasteiger partial charge < -0.3 is 19.9 Å². The lowest BCUT2D eigenvalue weighted by Crippen LogP contribution is -2.47. The molecule has 2 fully saturated rings. The van der Waals surface area contributed by atoms with Crippen LogP contribution in [0.3, 0.4) is 0 Å². The normalized spacial score (nSPS) is 24.6. The van der Waals surface area contributed by atoms with Gasteiger partial charge in [0, 0.05) is 33.2 Å². The Kier molecular flexibility index (Phi) is 6.49. The molecule has 0 aromatic rings. The Labute approximate surface area is 133 Å². The van der Waals surface area contributed by atoms with Crippen LogP contribution in [0.2, 0.25) is 0 Å². The number of esters is 1. The first-order valence-electron chi connectivity index (χ1n) is 8.43. The van der Waals surface area contributed by atoms with Crippen molar-refractivity contribution in [1.29, 1.82) is 0 Å². The summed E-state index contributed by atoms with van der Waals surface area (Å²) in [5.41, 5.74) is 0. The molecular formula is C16H30N4O2. The maximum atomic E-state index is 11.6. The van der Waals surface area contributed by atoms with Gasteiger partial charge in [0.1, 0.15) is 0 Å². The third kappa shape index (κ3) is 4.35. The highest BCUT2D eigenvalue weighted by Crippen LogP contribution is 2.19. The van der Waals surface area contributed by atoms with E-state index in [0.29, 0.717) is 5.92 Å². The molecule has 1 atom stereocenters. The molecule has 0 aromatic heterocycles. The van der Waals surface area contributed by atoms with Gasteiger partial charge in [-0.15, -0.1) is 0 Å². The van der Waals surface area contributed by atoms with E-state index in [2.05, 4.69) is 27.0 Å². The Bertz CT molecular complexity index is 392. The van der Waals surface area contributed by atoms with Crippen LogP contribution in [-0.4, -0.2) is 75.2 Å². The zero-order valence-electron chi connectivity index (χ0n) is 14.2. The maximum Gasteiger partial charge on any atom is 0.308 e. The van der Waals surface area contributed by atoms with Gasteiger partial charge in [0.15, 0.2) is 5.96 Å². The molecule has 2 rings (SSSR count). The van der Waals surface area contributed by atoms with Gasteiger partial charge in [-0.05, 0) is 38.3 Å². The summed E-state index contributed by atoms with van der Waals surface area (Å²) >= 11 is 0. The predicted octanol–water partition coefficient (Wildman–Crippen LogP) is 0.789. The third-order valence-electron chi connectivity index (χ3n) is 4.91. The van der Waals surface area contributed by atoms with Crippen molar-refractivity contribution in [3.63, 3.8) is 0 Å². The van der Waals surface area contributed by atoms with Gasteiger partial charge in [0.2, 0.25) is 0 Å². The SMILES string of the molecule is CCN1CCC(CNC(=NC)N2CCC(C(=O)OC)CC2)C1. The van der Waals surface area contributed by atoms with Crippen molar-refractivity contribution in [3.05, 3.63) is 0 Å². The summed E-state index contributed by atoms with van der Waals surface area (Å²) in [6.45, 7) is 8.49. The number of aliphatic imine (C=N–C) groups is 1. The van der Waals surface area contributed by atoms with Crippen molar-refractivity contribution >= 4 is 11.9 Å². The number of guanidine groups is 1. The number of ether oxygens (including phenoxy) is 1. The van der Waals surface area contributed by atoms with E-state index in [0.717, 1.165) is 45.0 Å². The minimum Gasteiger partial charge on any atom is -0.469 e. The Hall–Kier alpha value is -1.30. The highest BCUT2D eigenvalue weighted by atomic mass is 16.5. The molecule has 1 unspecified atom stereocenters. The zero-order chi connectivity index (χ0) is 15.9. The molecule has 1 N–H and O–H groups in total. The fourth-order valence-corrected chi connectivity index (χ4v) is 3.43. The summed E-state index contributed by atoms with van der Waals surface area (Å²) in [6.07, 6.45) is 2.96. The smallest absolute Gasteiger partial charge is 0.308 e. The standard InChI is InChI=1S/C16H30N4O2/c1-4-19-8-5-13(12-19)11-18-16(17-2)20-9-6-14(7-10-20)15(21)22-3/h13-14H,4-12H2,1-3H3,(H,17,18). The summed E-state index contributed by atoms with van der Waals surface area (Å²) in [5, 5.41) is 3.52. The van der Waals surface area contributed by atoms with Crippen molar-refractivity contribution in [2.45, 2.75) is 26.2 Å². The lowest BCUT2D eigenvalue weighted by atomic mass is 9.97. The van der Waals surface area contributed by atoms with Gasteiger partial charge in [0.25, 0.3) is 0 Å². The van der Waals surface area contributed by atoms with Crippen molar-refractivity contribution in [2.75, 3.05) is 53.4 Å². The number of carbonyl (C=O) groups is 1. The van der Waals surface area contributed by atoms with Crippen LogP contribution in [0.15, 0.2) is 4.99 Å². The average molecular weight is 310 g/mol. The van der Waals surface area contributed by atoms with E-state index in [1.54, 1.807) is 0 Å². The van der Waals surface area contributed by atoms with E-state index in [1.165, 1.54) is 26.6 Å². The Morgan fingerprint density at radius 3 is 2.55 bits per heavy atom. The molecule has 0 bridgehead atoms. The Morgan fingerprint density at radius 1 is 1.27 bits per heavy atom. The molecule has 0 spiro atoms. The zero-order valence-corrected chi connectivity index (χ0v) is 14.2. The molecule has 0 amide bonds. The summed E-state index contributed by atoms with van der Waals surface area (Å²) in [4.78, 5) is 20.7. The van der Waals surface area contributed by atoms with Crippen molar-refractivity contribution in [1.82, 2.24) is 15.1 Å². The molecule has 6 heteroatoms. The highest BCUT2D eigenvalue weighted by molar-refractivity contribution is 5.80. The molecule has 0 aromatic carbocycles. The van der Waals surface area contributed by atoms with E-state index in [9.17, 15) is 4.79 Å². The number of carbonyl (C=O) groups excluding carboxylic acids is 1. The van der Waals surface area contributed by atoms with Crippen molar-refractivity contribution < 1.29 is 9.53 Å². The molecule has 2 saturated heterocycles. The molecule has 126 valence electrons. The predicted molar refractivity (Wildman–Crippen MR) is 87.9 cm³/mol. The molecule has 0 saturated carbocycles. The molecule has 6 nitrogen and oxygen atoms in total. The fourth-order valence-electron chi connectivity index (χ4n) is 3.43. The van der Waals surface area contributed by atoms with Crippen molar-refractivity contribution in [3.8, 4) is 0 Å². The lowest BCUT2D eigenvalue weighted by Gasteiger charge is -2.33. The van der Waals surface area contributed by atoms with Gasteiger partial charge >= 0.3 is 5.97 Å². The first kappa shape index (κ1) is 17.1. The second-order valence-corrected chi connectivity index (χ2v) is 6.26.